The van der Waals surface area contributed by atoms with E-state index in [9.17, 15) is 9.59 Å². The summed E-state index contributed by atoms with van der Waals surface area (Å²) in [5.74, 6) is 0.241. The predicted molar refractivity (Wildman–Crippen MR) is 107 cm³/mol. The van der Waals surface area contributed by atoms with Crippen LogP contribution < -0.4 is 10.2 Å². The molecule has 1 aromatic heterocycles. The van der Waals surface area contributed by atoms with Gasteiger partial charge in [-0.15, -0.1) is 0 Å². The van der Waals surface area contributed by atoms with Gasteiger partial charge in [0.15, 0.2) is 5.82 Å². The second-order valence-corrected chi connectivity index (χ2v) is 8.12. The van der Waals surface area contributed by atoms with E-state index in [1.165, 1.54) is 0 Å². The first kappa shape index (κ1) is 17.2. The first-order valence-corrected chi connectivity index (χ1v) is 9.69. The fraction of sp³-hybridized carbons (Fsp3) is 0.381. The van der Waals surface area contributed by atoms with Gasteiger partial charge in [0.05, 0.1) is 16.9 Å². The lowest BCUT2D eigenvalue weighted by atomic mass is 9.86. The highest BCUT2D eigenvalue weighted by atomic mass is 16.2. The van der Waals surface area contributed by atoms with Crippen molar-refractivity contribution >= 4 is 29.1 Å². The summed E-state index contributed by atoms with van der Waals surface area (Å²) in [6, 6.07) is 10.6. The quantitative estimate of drug-likeness (QED) is 0.766. The number of aromatic nitrogens is 1. The highest BCUT2D eigenvalue weighted by Gasteiger charge is 2.45. The zero-order valence-electron chi connectivity index (χ0n) is 15.9. The van der Waals surface area contributed by atoms with Gasteiger partial charge in [0.1, 0.15) is 0 Å². The van der Waals surface area contributed by atoms with E-state index in [0.717, 1.165) is 39.0 Å². The molecule has 1 aromatic carbocycles. The number of nitrogens with one attached hydrogen (secondary N) is 1. The molecule has 2 saturated heterocycles. The number of rotatable bonds is 0. The number of carbonyl (C=O) groups is 2. The Morgan fingerprint density at radius 1 is 1.11 bits per heavy atom. The number of hydrogen-bond donors (Lipinski definition) is 1. The molecule has 0 saturated carbocycles. The topological polar surface area (TPSA) is 68.8 Å². The number of anilines is 3. The lowest BCUT2D eigenvalue weighted by molar-refractivity contribution is 0.102. The van der Waals surface area contributed by atoms with Gasteiger partial charge in [-0.05, 0) is 50.7 Å². The molecule has 1 atom stereocenters. The molecule has 4 heterocycles. The molecule has 7 nitrogen and oxygen atoms in total. The van der Waals surface area contributed by atoms with Gasteiger partial charge in [0.2, 0.25) is 0 Å². The van der Waals surface area contributed by atoms with Gasteiger partial charge in [-0.2, -0.15) is 0 Å². The van der Waals surface area contributed by atoms with Crippen molar-refractivity contribution < 1.29 is 9.59 Å². The molecule has 0 radical (unpaired) electrons. The Kier molecular flexibility index (Phi) is 3.87. The highest BCUT2D eigenvalue weighted by Crippen LogP contribution is 2.42. The third-order valence-corrected chi connectivity index (χ3v) is 6.17. The van der Waals surface area contributed by atoms with Crippen molar-refractivity contribution in [3.63, 3.8) is 0 Å². The van der Waals surface area contributed by atoms with E-state index in [4.69, 9.17) is 0 Å². The molecule has 1 N–H and O–H groups in total. The van der Waals surface area contributed by atoms with Crippen molar-refractivity contribution in [2.75, 3.05) is 43.4 Å². The Morgan fingerprint density at radius 3 is 2.75 bits per heavy atom. The Bertz CT molecular complexity index is 961. The molecule has 28 heavy (non-hydrogen) atoms. The number of fused-ring (bicyclic) bond motifs is 2. The van der Waals surface area contributed by atoms with Crippen LogP contribution in [0.1, 0.15) is 23.2 Å². The maximum Gasteiger partial charge on any atom is 0.330 e. The van der Waals surface area contributed by atoms with Crippen LogP contribution in [0.5, 0.6) is 0 Å². The Hall–Kier alpha value is -2.93. The average molecular weight is 377 g/mol. The molecule has 3 aliphatic rings. The Balaban J connectivity index is 1.55. The first-order chi connectivity index (χ1) is 13.6. The minimum absolute atomic E-state index is 0.115. The maximum atomic E-state index is 13.7. The van der Waals surface area contributed by atoms with Crippen LogP contribution in [0.2, 0.25) is 0 Å². The van der Waals surface area contributed by atoms with E-state index in [2.05, 4.69) is 22.2 Å². The summed E-state index contributed by atoms with van der Waals surface area (Å²) in [6.45, 7) is 3.59. The minimum atomic E-state index is -0.226. The van der Waals surface area contributed by atoms with E-state index < -0.39 is 0 Å². The zero-order chi connectivity index (χ0) is 19.3. The van der Waals surface area contributed by atoms with E-state index >= 15 is 0 Å². The number of benzene rings is 1. The standard InChI is InChI=1S/C21H23N5O2/c1-24-11-8-21(13-24)9-12-25(14-21)20(28)26-17-7-3-2-5-15(17)19(27)23-16-6-4-10-22-18(16)26/h2-7,10H,8-9,11-14H2,1H3,(H,23,27). The predicted octanol–water partition coefficient (Wildman–Crippen LogP) is 2.93. The van der Waals surface area contributed by atoms with Gasteiger partial charge in [-0.1, -0.05) is 12.1 Å². The van der Waals surface area contributed by atoms with Crippen LogP contribution in [-0.2, 0) is 0 Å². The molecule has 2 aromatic rings. The largest absolute Gasteiger partial charge is 0.330 e. The summed E-state index contributed by atoms with van der Waals surface area (Å²) in [6.07, 6.45) is 3.79. The molecule has 0 bridgehead atoms. The molecule has 1 unspecified atom stereocenters. The molecule has 144 valence electrons. The molecule has 2 fully saturated rings. The minimum Gasteiger partial charge on any atom is -0.323 e. The van der Waals surface area contributed by atoms with Gasteiger partial charge >= 0.3 is 6.03 Å². The lowest BCUT2D eigenvalue weighted by Crippen LogP contribution is -2.41. The van der Waals surface area contributed by atoms with Crippen LogP contribution in [0.3, 0.4) is 0 Å². The van der Waals surface area contributed by atoms with Crippen LogP contribution in [0.25, 0.3) is 0 Å². The van der Waals surface area contributed by atoms with E-state index in [1.807, 2.05) is 23.1 Å². The summed E-state index contributed by atoms with van der Waals surface area (Å²) in [7, 11) is 2.14. The number of amides is 3. The summed E-state index contributed by atoms with van der Waals surface area (Å²) in [4.78, 5) is 36.7. The maximum absolute atomic E-state index is 13.7. The number of para-hydroxylation sites is 1. The molecular formula is C21H23N5O2. The van der Waals surface area contributed by atoms with E-state index in [0.29, 0.717) is 22.8 Å². The molecule has 7 heteroatoms. The van der Waals surface area contributed by atoms with Crippen LogP contribution in [0, 0.1) is 5.41 Å². The smallest absolute Gasteiger partial charge is 0.323 e. The van der Waals surface area contributed by atoms with Crippen molar-refractivity contribution in [1.29, 1.82) is 0 Å². The summed E-state index contributed by atoms with van der Waals surface area (Å²) < 4.78 is 0. The van der Waals surface area contributed by atoms with Crippen molar-refractivity contribution in [2.45, 2.75) is 12.8 Å². The lowest BCUT2D eigenvalue weighted by Gasteiger charge is -2.29. The van der Waals surface area contributed by atoms with E-state index in [1.54, 1.807) is 29.3 Å². The van der Waals surface area contributed by atoms with Crippen molar-refractivity contribution in [1.82, 2.24) is 14.8 Å². The van der Waals surface area contributed by atoms with Crippen molar-refractivity contribution in [3.05, 3.63) is 48.2 Å². The van der Waals surface area contributed by atoms with Crippen molar-refractivity contribution in [2.24, 2.45) is 5.41 Å². The third kappa shape index (κ3) is 2.65. The number of hydrogen-bond acceptors (Lipinski definition) is 4. The number of nitrogens with zero attached hydrogens (tertiary/aromatic N) is 4. The fourth-order valence-electron chi connectivity index (χ4n) is 4.76. The zero-order valence-corrected chi connectivity index (χ0v) is 15.9. The van der Waals surface area contributed by atoms with Gasteiger partial charge in [-0.25, -0.2) is 14.7 Å². The van der Waals surface area contributed by atoms with Crippen molar-refractivity contribution in [3.8, 4) is 0 Å². The molecule has 5 rings (SSSR count). The number of carbonyl (C=O) groups excluding carboxylic acids is 2. The van der Waals surface area contributed by atoms with Gasteiger partial charge in [0.25, 0.3) is 5.91 Å². The summed E-state index contributed by atoms with van der Waals surface area (Å²) in [5.41, 5.74) is 1.79. The number of pyridine rings is 1. The van der Waals surface area contributed by atoms with Crippen LogP contribution in [-0.4, -0.2) is 59.9 Å². The summed E-state index contributed by atoms with van der Waals surface area (Å²) in [5, 5.41) is 2.89. The summed E-state index contributed by atoms with van der Waals surface area (Å²) >= 11 is 0. The molecule has 1 spiro atoms. The SMILES string of the molecule is CN1CCC2(CCN(C(=O)N3c4ccccc4C(=O)Nc4cccnc43)C2)C1. The van der Waals surface area contributed by atoms with Gasteiger partial charge < -0.3 is 15.1 Å². The molecule has 3 aliphatic heterocycles. The third-order valence-electron chi connectivity index (χ3n) is 6.17. The molecular weight excluding hydrogens is 354 g/mol. The van der Waals surface area contributed by atoms with E-state index in [-0.39, 0.29) is 17.4 Å². The second kappa shape index (κ2) is 6.31. The highest BCUT2D eigenvalue weighted by molar-refractivity contribution is 6.16. The van der Waals surface area contributed by atoms with Gasteiger partial charge in [0, 0.05) is 31.2 Å². The molecule has 3 amide bonds. The van der Waals surface area contributed by atoms with Crippen LogP contribution in [0.4, 0.5) is 22.0 Å². The molecule has 0 aliphatic carbocycles. The normalized spacial score (nSPS) is 24.1. The second-order valence-electron chi connectivity index (χ2n) is 8.12. The fourth-order valence-corrected chi connectivity index (χ4v) is 4.76. The monoisotopic (exact) mass is 377 g/mol. The Labute approximate surface area is 163 Å². The average Bonchev–Trinajstić information content (AvgIpc) is 3.25. The first-order valence-electron chi connectivity index (χ1n) is 9.69. The number of urea groups is 1. The number of likely N-dealkylation sites (tertiary alicyclic amines) is 2. The van der Waals surface area contributed by atoms with Crippen LogP contribution in [0.15, 0.2) is 42.6 Å². The van der Waals surface area contributed by atoms with Gasteiger partial charge in [-0.3, -0.25) is 4.79 Å². The Morgan fingerprint density at radius 2 is 1.93 bits per heavy atom. The van der Waals surface area contributed by atoms with Crippen LogP contribution >= 0.6 is 0 Å².